The van der Waals surface area contributed by atoms with Gasteiger partial charge in [-0.1, -0.05) is 17.7 Å². The molecule has 5 nitrogen and oxygen atoms in total. The van der Waals surface area contributed by atoms with Gasteiger partial charge in [-0.25, -0.2) is 4.79 Å². The Morgan fingerprint density at radius 1 is 1.20 bits per heavy atom. The van der Waals surface area contributed by atoms with Crippen LogP contribution in [0.1, 0.15) is 19.4 Å². The number of amides is 1. The van der Waals surface area contributed by atoms with Crippen LogP contribution in [0.4, 0.5) is 0 Å². The molecule has 0 aliphatic heterocycles. The van der Waals surface area contributed by atoms with E-state index in [0.717, 1.165) is 16.9 Å². The van der Waals surface area contributed by atoms with Crippen molar-refractivity contribution in [3.8, 4) is 5.75 Å². The van der Waals surface area contributed by atoms with Crippen LogP contribution in [0.25, 0.3) is 0 Å². The third-order valence-corrected chi connectivity index (χ3v) is 2.40. The van der Waals surface area contributed by atoms with Crippen LogP contribution < -0.4 is 10.1 Å². The molecular formula is C15H19NO4. The first-order valence-corrected chi connectivity index (χ1v) is 6.22. The highest BCUT2D eigenvalue weighted by molar-refractivity contribution is 5.86. The molecule has 1 rings (SSSR count). The minimum atomic E-state index is -0.510. The summed E-state index contributed by atoms with van der Waals surface area (Å²) in [6.07, 6.45) is 1.34. The summed E-state index contributed by atoms with van der Waals surface area (Å²) >= 11 is 0. The van der Waals surface area contributed by atoms with Crippen molar-refractivity contribution in [3.05, 3.63) is 41.5 Å². The number of rotatable bonds is 6. The summed E-state index contributed by atoms with van der Waals surface area (Å²) in [6, 6.07) is 7.34. The fourth-order valence-electron chi connectivity index (χ4n) is 1.41. The summed E-state index contributed by atoms with van der Waals surface area (Å²) in [5, 5.41) is 2.67. The first-order chi connectivity index (χ1) is 9.51. The fourth-order valence-corrected chi connectivity index (χ4v) is 1.41. The van der Waals surface area contributed by atoms with Gasteiger partial charge in [0.2, 0.25) is 0 Å². The predicted octanol–water partition coefficient (Wildman–Crippen LogP) is 1.82. The Balaban J connectivity index is 2.32. The number of ether oxygens (including phenoxy) is 2. The molecule has 0 spiro atoms. The van der Waals surface area contributed by atoms with Gasteiger partial charge in [0.05, 0.1) is 7.11 Å². The maximum Gasteiger partial charge on any atom is 0.331 e. The maximum absolute atomic E-state index is 11.5. The Labute approximate surface area is 118 Å². The lowest BCUT2D eigenvalue weighted by molar-refractivity contribution is -0.143. The predicted molar refractivity (Wildman–Crippen MR) is 75.2 cm³/mol. The number of carbonyl (C=O) groups excluding carboxylic acids is 2. The number of nitrogens with one attached hydrogen (secondary N) is 1. The molecule has 1 N–H and O–H groups in total. The van der Waals surface area contributed by atoms with E-state index in [9.17, 15) is 9.59 Å². The van der Waals surface area contributed by atoms with Crippen molar-refractivity contribution in [2.75, 3.05) is 13.7 Å². The van der Waals surface area contributed by atoms with E-state index >= 15 is 0 Å². The number of benzene rings is 1. The number of allylic oxidation sites excluding steroid dienone is 1. The Kier molecular flexibility index (Phi) is 6.29. The Morgan fingerprint density at radius 3 is 2.40 bits per heavy atom. The zero-order valence-corrected chi connectivity index (χ0v) is 11.9. The van der Waals surface area contributed by atoms with Crippen molar-refractivity contribution in [2.45, 2.75) is 20.4 Å². The Morgan fingerprint density at radius 2 is 1.85 bits per heavy atom. The average molecular weight is 277 g/mol. The lowest BCUT2D eigenvalue weighted by atomic mass is 10.2. The zero-order valence-electron chi connectivity index (χ0n) is 11.9. The Bertz CT molecular complexity index is 487. The summed E-state index contributed by atoms with van der Waals surface area (Å²) < 4.78 is 9.83. The van der Waals surface area contributed by atoms with Crippen molar-refractivity contribution >= 4 is 11.9 Å². The maximum atomic E-state index is 11.5. The standard InChI is InChI=1S/C15H19NO4/c1-11(2)8-15(18)20-10-14(17)16-9-12-4-6-13(19-3)7-5-12/h4-8H,9-10H2,1-3H3,(H,16,17). The highest BCUT2D eigenvalue weighted by Crippen LogP contribution is 2.10. The largest absolute Gasteiger partial charge is 0.497 e. The molecular weight excluding hydrogens is 258 g/mol. The van der Waals surface area contributed by atoms with Crippen molar-refractivity contribution in [3.63, 3.8) is 0 Å². The molecule has 108 valence electrons. The van der Waals surface area contributed by atoms with Gasteiger partial charge in [-0.3, -0.25) is 4.79 Å². The molecule has 0 atom stereocenters. The molecule has 0 unspecified atom stereocenters. The second-order valence-electron chi connectivity index (χ2n) is 4.45. The number of hydrogen-bond donors (Lipinski definition) is 1. The molecule has 0 saturated carbocycles. The summed E-state index contributed by atoms with van der Waals surface area (Å²) in [7, 11) is 1.59. The molecule has 0 fully saturated rings. The number of hydrogen-bond acceptors (Lipinski definition) is 4. The minimum Gasteiger partial charge on any atom is -0.497 e. The van der Waals surface area contributed by atoms with Crippen LogP contribution in [0.2, 0.25) is 0 Å². The van der Waals surface area contributed by atoms with E-state index in [4.69, 9.17) is 9.47 Å². The number of esters is 1. The smallest absolute Gasteiger partial charge is 0.331 e. The fraction of sp³-hybridized carbons (Fsp3) is 0.333. The van der Waals surface area contributed by atoms with Gasteiger partial charge in [-0.15, -0.1) is 0 Å². The molecule has 1 aromatic carbocycles. The lowest BCUT2D eigenvalue weighted by Gasteiger charge is -2.06. The van der Waals surface area contributed by atoms with Crippen LogP contribution in [0.3, 0.4) is 0 Å². The van der Waals surface area contributed by atoms with Gasteiger partial charge in [-0.05, 0) is 31.5 Å². The molecule has 1 aromatic rings. The monoisotopic (exact) mass is 277 g/mol. The van der Waals surface area contributed by atoms with Crippen molar-refractivity contribution in [1.82, 2.24) is 5.32 Å². The van der Waals surface area contributed by atoms with Crippen LogP contribution in [-0.2, 0) is 20.9 Å². The molecule has 0 saturated heterocycles. The molecule has 5 heteroatoms. The van der Waals surface area contributed by atoms with Crippen LogP contribution in [0, 0.1) is 0 Å². The molecule has 0 aromatic heterocycles. The summed E-state index contributed by atoms with van der Waals surface area (Å²) in [4.78, 5) is 22.7. The first kappa shape index (κ1) is 15.8. The normalized spacial score (nSPS) is 9.55. The number of methoxy groups -OCH3 is 1. The minimum absolute atomic E-state index is 0.279. The van der Waals surface area contributed by atoms with E-state index in [1.165, 1.54) is 6.08 Å². The van der Waals surface area contributed by atoms with Crippen LogP contribution in [0.5, 0.6) is 5.75 Å². The van der Waals surface area contributed by atoms with Gasteiger partial charge < -0.3 is 14.8 Å². The quantitative estimate of drug-likeness (QED) is 0.636. The van der Waals surface area contributed by atoms with E-state index in [-0.39, 0.29) is 12.5 Å². The third kappa shape index (κ3) is 6.04. The van der Waals surface area contributed by atoms with E-state index in [1.54, 1.807) is 21.0 Å². The SMILES string of the molecule is COc1ccc(CNC(=O)COC(=O)C=C(C)C)cc1. The summed E-state index contributed by atoms with van der Waals surface area (Å²) in [5.41, 5.74) is 1.77. The van der Waals surface area contributed by atoms with E-state index in [2.05, 4.69) is 5.32 Å². The zero-order chi connectivity index (χ0) is 15.0. The van der Waals surface area contributed by atoms with Crippen LogP contribution >= 0.6 is 0 Å². The van der Waals surface area contributed by atoms with Crippen LogP contribution in [0.15, 0.2) is 35.9 Å². The van der Waals surface area contributed by atoms with Crippen molar-refractivity contribution in [2.24, 2.45) is 0 Å². The molecule has 0 aliphatic rings. The lowest BCUT2D eigenvalue weighted by Crippen LogP contribution is -2.28. The first-order valence-electron chi connectivity index (χ1n) is 6.22. The summed E-state index contributed by atoms with van der Waals surface area (Å²) in [6.45, 7) is 3.66. The molecule has 0 aliphatic carbocycles. The van der Waals surface area contributed by atoms with Gasteiger partial charge >= 0.3 is 5.97 Å². The van der Waals surface area contributed by atoms with Crippen molar-refractivity contribution < 1.29 is 19.1 Å². The van der Waals surface area contributed by atoms with Gasteiger partial charge in [0.25, 0.3) is 5.91 Å². The van der Waals surface area contributed by atoms with Crippen LogP contribution in [-0.4, -0.2) is 25.6 Å². The molecule has 0 radical (unpaired) electrons. The van der Waals surface area contributed by atoms with E-state index in [1.807, 2.05) is 24.3 Å². The highest BCUT2D eigenvalue weighted by Gasteiger charge is 2.05. The van der Waals surface area contributed by atoms with Crippen molar-refractivity contribution in [1.29, 1.82) is 0 Å². The van der Waals surface area contributed by atoms with Gasteiger partial charge in [-0.2, -0.15) is 0 Å². The summed E-state index contributed by atoms with van der Waals surface area (Å²) in [5.74, 6) is -0.0864. The highest BCUT2D eigenvalue weighted by atomic mass is 16.5. The van der Waals surface area contributed by atoms with Gasteiger partial charge in [0.15, 0.2) is 6.61 Å². The van der Waals surface area contributed by atoms with Gasteiger partial charge in [0.1, 0.15) is 5.75 Å². The van der Waals surface area contributed by atoms with E-state index in [0.29, 0.717) is 6.54 Å². The van der Waals surface area contributed by atoms with Gasteiger partial charge in [0, 0.05) is 12.6 Å². The molecule has 1 amide bonds. The number of carbonyl (C=O) groups is 2. The molecule has 0 bridgehead atoms. The second-order valence-corrected chi connectivity index (χ2v) is 4.45. The Hall–Kier alpha value is -2.30. The molecule has 0 heterocycles. The molecule has 20 heavy (non-hydrogen) atoms. The topological polar surface area (TPSA) is 64.6 Å². The average Bonchev–Trinajstić information content (AvgIpc) is 2.42. The van der Waals surface area contributed by atoms with E-state index < -0.39 is 5.97 Å². The second kappa shape index (κ2) is 7.99. The third-order valence-electron chi connectivity index (χ3n) is 2.40.